The number of carbonyl (C=O) groups excluding carboxylic acids is 1. The van der Waals surface area contributed by atoms with Gasteiger partial charge in [-0.05, 0) is 24.3 Å². The minimum absolute atomic E-state index is 0.00620. The molecule has 0 fully saturated rings. The quantitative estimate of drug-likeness (QED) is 0.362. The van der Waals surface area contributed by atoms with Crippen molar-refractivity contribution < 1.29 is 27.6 Å². The zero-order chi connectivity index (χ0) is 20.7. The number of nitro groups is 1. The number of hydrogen-bond donors (Lipinski definition) is 2. The van der Waals surface area contributed by atoms with Gasteiger partial charge in [0.2, 0.25) is 10.0 Å². The molecule has 28 heavy (non-hydrogen) atoms. The fourth-order valence-electron chi connectivity index (χ4n) is 2.36. The van der Waals surface area contributed by atoms with Crippen LogP contribution in [0.5, 0.6) is 11.5 Å². The third-order valence-electron chi connectivity index (χ3n) is 3.72. The van der Waals surface area contributed by atoms with Gasteiger partial charge in [0.15, 0.2) is 0 Å². The number of benzene rings is 2. The highest BCUT2D eigenvalue weighted by Gasteiger charge is 2.19. The summed E-state index contributed by atoms with van der Waals surface area (Å²) in [6.07, 6.45) is 0. The summed E-state index contributed by atoms with van der Waals surface area (Å²) in [5.74, 6) is 0.162. The van der Waals surface area contributed by atoms with Crippen molar-refractivity contribution >= 4 is 21.6 Å². The molecule has 0 saturated heterocycles. The van der Waals surface area contributed by atoms with Crippen LogP contribution in [0.1, 0.15) is 10.4 Å². The van der Waals surface area contributed by atoms with Crippen molar-refractivity contribution in [3.05, 3.63) is 58.1 Å². The number of sulfonamides is 1. The van der Waals surface area contributed by atoms with E-state index in [9.17, 15) is 23.3 Å². The third-order valence-corrected chi connectivity index (χ3v) is 5.19. The first-order valence-electron chi connectivity index (χ1n) is 8.03. The Morgan fingerprint density at radius 1 is 1.04 bits per heavy atom. The Balaban J connectivity index is 1.97. The first-order valence-corrected chi connectivity index (χ1v) is 9.51. The van der Waals surface area contributed by atoms with Crippen LogP contribution in [0.25, 0.3) is 0 Å². The number of nitrogens with one attached hydrogen (secondary N) is 2. The Kier molecular flexibility index (Phi) is 6.90. The van der Waals surface area contributed by atoms with Crippen molar-refractivity contribution in [2.24, 2.45) is 0 Å². The molecule has 0 heterocycles. The molecule has 0 radical (unpaired) electrons. The second-order valence-electron chi connectivity index (χ2n) is 5.44. The fraction of sp³-hybridized carbons (Fsp3) is 0.235. The molecule has 0 unspecified atom stereocenters. The van der Waals surface area contributed by atoms with Gasteiger partial charge in [0.05, 0.1) is 24.0 Å². The van der Waals surface area contributed by atoms with Crippen molar-refractivity contribution in [2.45, 2.75) is 4.90 Å². The summed E-state index contributed by atoms with van der Waals surface area (Å²) in [6.45, 7) is -0.0746. The molecule has 11 heteroatoms. The Bertz CT molecular complexity index is 937. The largest absolute Gasteiger partial charge is 0.496 e. The van der Waals surface area contributed by atoms with Crippen LogP contribution in [-0.4, -0.2) is 46.6 Å². The van der Waals surface area contributed by atoms with Crippen LogP contribution >= 0.6 is 0 Å². The minimum Gasteiger partial charge on any atom is -0.496 e. The van der Waals surface area contributed by atoms with Crippen LogP contribution in [0.4, 0.5) is 5.69 Å². The van der Waals surface area contributed by atoms with Gasteiger partial charge in [-0.25, -0.2) is 13.1 Å². The Labute approximate surface area is 161 Å². The van der Waals surface area contributed by atoms with E-state index in [1.807, 2.05) is 0 Å². The van der Waals surface area contributed by atoms with Crippen LogP contribution in [0.2, 0.25) is 0 Å². The summed E-state index contributed by atoms with van der Waals surface area (Å²) in [6, 6.07) is 9.36. The van der Waals surface area contributed by atoms with Gasteiger partial charge in [-0.1, -0.05) is 6.07 Å². The lowest BCUT2D eigenvalue weighted by Gasteiger charge is -2.13. The molecule has 2 aromatic rings. The molecule has 0 atom stereocenters. The molecule has 0 aliphatic carbocycles. The molecule has 0 aliphatic rings. The number of hydrogen-bond acceptors (Lipinski definition) is 7. The van der Waals surface area contributed by atoms with E-state index in [4.69, 9.17) is 9.47 Å². The smallest absolute Gasteiger partial charge is 0.269 e. The van der Waals surface area contributed by atoms with E-state index < -0.39 is 20.9 Å². The molecule has 2 rings (SSSR count). The Morgan fingerprint density at radius 2 is 1.61 bits per heavy atom. The van der Waals surface area contributed by atoms with Crippen molar-refractivity contribution in [2.75, 3.05) is 27.3 Å². The maximum absolute atomic E-state index is 12.4. The van der Waals surface area contributed by atoms with Gasteiger partial charge in [0.25, 0.3) is 11.6 Å². The van der Waals surface area contributed by atoms with E-state index in [1.54, 1.807) is 18.2 Å². The summed E-state index contributed by atoms with van der Waals surface area (Å²) in [5.41, 5.74) is -0.0114. The Hall–Kier alpha value is -3.18. The first-order chi connectivity index (χ1) is 13.3. The minimum atomic E-state index is -3.86. The van der Waals surface area contributed by atoms with Crippen LogP contribution in [0.3, 0.4) is 0 Å². The normalized spacial score (nSPS) is 10.9. The van der Waals surface area contributed by atoms with Gasteiger partial charge in [-0.15, -0.1) is 0 Å². The van der Waals surface area contributed by atoms with Gasteiger partial charge in [0.1, 0.15) is 17.1 Å². The predicted molar refractivity (Wildman–Crippen MR) is 100 cm³/mol. The van der Waals surface area contributed by atoms with Gasteiger partial charge in [0, 0.05) is 25.2 Å². The average molecular weight is 409 g/mol. The summed E-state index contributed by atoms with van der Waals surface area (Å²) in [7, 11) is -1.02. The SMILES string of the molecule is COc1cccc(OC)c1C(=O)NCCNS(=O)(=O)c1ccc([N+](=O)[O-])cc1. The molecule has 10 nitrogen and oxygen atoms in total. The number of methoxy groups -OCH3 is 2. The average Bonchev–Trinajstić information content (AvgIpc) is 2.70. The molecular weight excluding hydrogens is 390 g/mol. The number of nitro benzene ring substituents is 1. The number of amides is 1. The van der Waals surface area contributed by atoms with Crippen LogP contribution in [0, 0.1) is 10.1 Å². The van der Waals surface area contributed by atoms with Crippen molar-refractivity contribution in [1.82, 2.24) is 10.0 Å². The van der Waals surface area contributed by atoms with Crippen molar-refractivity contribution in [3.8, 4) is 11.5 Å². The number of carbonyl (C=O) groups is 1. The predicted octanol–water partition coefficient (Wildman–Crippen LogP) is 1.32. The number of nitrogens with zero attached hydrogens (tertiary/aromatic N) is 1. The van der Waals surface area contributed by atoms with Crippen LogP contribution < -0.4 is 19.5 Å². The lowest BCUT2D eigenvalue weighted by atomic mass is 10.1. The molecular formula is C17H19N3O7S. The fourth-order valence-corrected chi connectivity index (χ4v) is 3.39. The second-order valence-corrected chi connectivity index (χ2v) is 7.21. The van der Waals surface area contributed by atoms with Gasteiger partial charge < -0.3 is 14.8 Å². The van der Waals surface area contributed by atoms with Gasteiger partial charge >= 0.3 is 0 Å². The third kappa shape index (κ3) is 4.96. The zero-order valence-electron chi connectivity index (χ0n) is 15.2. The standard InChI is InChI=1S/C17H19N3O7S/c1-26-14-4-3-5-15(27-2)16(14)17(21)18-10-11-19-28(24,25)13-8-6-12(7-9-13)20(22)23/h3-9,19H,10-11H2,1-2H3,(H,18,21). The Morgan fingerprint density at radius 3 is 2.11 bits per heavy atom. The zero-order valence-corrected chi connectivity index (χ0v) is 16.0. The highest BCUT2D eigenvalue weighted by Crippen LogP contribution is 2.27. The highest BCUT2D eigenvalue weighted by atomic mass is 32.2. The van der Waals surface area contributed by atoms with E-state index in [0.717, 1.165) is 24.3 Å². The van der Waals surface area contributed by atoms with E-state index >= 15 is 0 Å². The van der Waals surface area contributed by atoms with E-state index in [0.29, 0.717) is 11.5 Å². The molecule has 150 valence electrons. The molecule has 0 saturated carbocycles. The maximum atomic E-state index is 12.4. The number of rotatable bonds is 9. The highest BCUT2D eigenvalue weighted by molar-refractivity contribution is 7.89. The molecule has 2 aromatic carbocycles. The summed E-state index contributed by atoms with van der Waals surface area (Å²) < 4.78 is 37.0. The van der Waals surface area contributed by atoms with Crippen LogP contribution in [-0.2, 0) is 10.0 Å². The maximum Gasteiger partial charge on any atom is 0.269 e. The van der Waals surface area contributed by atoms with Gasteiger partial charge in [-0.3, -0.25) is 14.9 Å². The van der Waals surface area contributed by atoms with E-state index in [2.05, 4.69) is 10.0 Å². The molecule has 0 spiro atoms. The molecule has 0 aliphatic heterocycles. The molecule has 2 N–H and O–H groups in total. The van der Waals surface area contributed by atoms with E-state index in [-0.39, 0.29) is 29.2 Å². The van der Waals surface area contributed by atoms with Crippen molar-refractivity contribution in [3.63, 3.8) is 0 Å². The van der Waals surface area contributed by atoms with Gasteiger partial charge in [-0.2, -0.15) is 0 Å². The summed E-state index contributed by atoms with van der Waals surface area (Å²) in [4.78, 5) is 22.3. The van der Waals surface area contributed by atoms with E-state index in [1.165, 1.54) is 14.2 Å². The lowest BCUT2D eigenvalue weighted by Crippen LogP contribution is -2.35. The van der Waals surface area contributed by atoms with Crippen LogP contribution in [0.15, 0.2) is 47.4 Å². The number of non-ortho nitro benzene ring substituents is 1. The first kappa shape index (κ1) is 21.1. The molecule has 0 aromatic heterocycles. The molecule has 0 bridgehead atoms. The summed E-state index contributed by atoms with van der Waals surface area (Å²) >= 11 is 0. The lowest BCUT2D eigenvalue weighted by molar-refractivity contribution is -0.384. The monoisotopic (exact) mass is 409 g/mol. The number of ether oxygens (including phenoxy) is 2. The second kappa shape index (κ2) is 9.15. The summed E-state index contributed by atoms with van der Waals surface area (Å²) in [5, 5.41) is 13.2. The van der Waals surface area contributed by atoms with Crippen molar-refractivity contribution in [1.29, 1.82) is 0 Å². The topological polar surface area (TPSA) is 137 Å². The molecule has 1 amide bonds.